The Hall–Kier alpha value is -0.300. The van der Waals surface area contributed by atoms with Crippen LogP contribution in [0.5, 0.6) is 0 Å². The maximum absolute atomic E-state index is 5.90. The average Bonchev–Trinajstić information content (AvgIpc) is 2.87. The van der Waals surface area contributed by atoms with Crippen molar-refractivity contribution in [2.45, 2.75) is 74.1 Å². The van der Waals surface area contributed by atoms with Crippen LogP contribution in [0.3, 0.4) is 0 Å². The molecule has 0 atom stereocenters. The number of hydrogen-bond acceptors (Lipinski definition) is 1. The summed E-state index contributed by atoms with van der Waals surface area (Å²) in [5, 5.41) is 0. The first kappa shape index (κ1) is 32.9. The van der Waals surface area contributed by atoms with E-state index in [9.17, 15) is 0 Å². The minimum atomic E-state index is -1.13. The molecule has 0 spiro atoms. The number of nitrogens with zero attached hydrogens (tertiary/aromatic N) is 1. The predicted octanol–water partition coefficient (Wildman–Crippen LogP) is 10.4. The van der Waals surface area contributed by atoms with Crippen LogP contribution in [0.2, 0.25) is 0 Å². The van der Waals surface area contributed by atoms with E-state index in [1.54, 1.807) is 0 Å². The number of rotatable bonds is 3. The molecule has 1 aliphatic rings. The molecule has 4 heteroatoms. The third-order valence-corrected chi connectivity index (χ3v) is 6.90. The second-order valence-electron chi connectivity index (χ2n) is 8.74. The molecular formula is C27H45ClNPTa. The van der Waals surface area contributed by atoms with Gasteiger partial charge in [-0.15, -0.1) is 21.1 Å². The van der Waals surface area contributed by atoms with Gasteiger partial charge in [0.15, 0.2) is 0 Å². The fraction of sp³-hybridized carbons (Fsp3) is 0.519. The summed E-state index contributed by atoms with van der Waals surface area (Å²) >= 11 is -1.13. The summed E-state index contributed by atoms with van der Waals surface area (Å²) in [6.07, 6.45) is 0. The topological polar surface area (TPSA) is 12.4 Å². The SMILES string of the molecule is C=C.CC(C)c1cccc(C(C)C)c1[N]=[Ta][Cl].CP(C)C.C[C]1C(C)=C(C)C(C)=C1C. The first-order valence-corrected chi connectivity index (χ1v) is 18.9. The molecule has 2 rings (SSSR count). The Morgan fingerprint density at radius 1 is 0.774 bits per heavy atom. The zero-order valence-corrected chi connectivity index (χ0v) is 26.9. The Morgan fingerprint density at radius 2 is 1.10 bits per heavy atom. The van der Waals surface area contributed by atoms with E-state index in [0.29, 0.717) is 19.8 Å². The standard InChI is InChI=1S/C12H17N.C10H15.C3H9P.C2H4.ClH.Ta/c1-8(2)10-6-5-7-11(9(3)4)12(10)13;1-6-7(2)9(4)10(5)8(6)3;1-4(2)3;1-2;;/h5-9H,1-4H3;1-5H3;1-3H3;1-2H2;1H;/q;;;;;+1/p-1. The first-order valence-electron chi connectivity index (χ1n) is 10.8. The van der Waals surface area contributed by atoms with Gasteiger partial charge in [-0.2, -0.15) is 0 Å². The van der Waals surface area contributed by atoms with Gasteiger partial charge in [-0.05, 0) is 58.8 Å². The summed E-state index contributed by atoms with van der Waals surface area (Å²) in [5.74, 6) is 2.51. The van der Waals surface area contributed by atoms with Gasteiger partial charge in [-0.25, -0.2) is 0 Å². The Bertz CT molecular complexity index is 707. The van der Waals surface area contributed by atoms with E-state index in [0.717, 1.165) is 0 Å². The van der Waals surface area contributed by atoms with Crippen LogP contribution in [0.1, 0.15) is 85.3 Å². The van der Waals surface area contributed by atoms with Crippen molar-refractivity contribution in [3.05, 3.63) is 70.7 Å². The summed E-state index contributed by atoms with van der Waals surface area (Å²) in [4.78, 5) is 0. The average molecular weight is 631 g/mol. The van der Waals surface area contributed by atoms with Gasteiger partial charge in [0, 0.05) is 5.92 Å². The maximum Gasteiger partial charge on any atom is 0.0226 e. The number of benzene rings is 1. The summed E-state index contributed by atoms with van der Waals surface area (Å²) < 4.78 is 4.60. The van der Waals surface area contributed by atoms with E-state index >= 15 is 0 Å². The molecular weight excluding hydrogens is 586 g/mol. The maximum atomic E-state index is 5.90. The van der Waals surface area contributed by atoms with E-state index in [2.05, 4.69) is 117 Å². The third kappa shape index (κ3) is 11.4. The summed E-state index contributed by atoms with van der Waals surface area (Å²) in [6.45, 7) is 32.5. The van der Waals surface area contributed by atoms with Gasteiger partial charge in [-0.1, -0.05) is 18.1 Å². The van der Waals surface area contributed by atoms with Crippen LogP contribution in [0, 0.1) is 5.92 Å². The quantitative estimate of drug-likeness (QED) is 0.233. The van der Waals surface area contributed by atoms with Crippen LogP contribution < -0.4 is 0 Å². The Morgan fingerprint density at radius 3 is 1.29 bits per heavy atom. The summed E-state index contributed by atoms with van der Waals surface area (Å²) in [6, 6.07) is 6.47. The Balaban J connectivity index is 0. The fourth-order valence-corrected chi connectivity index (χ4v) is 4.79. The minimum absolute atomic E-state index is 0.380. The van der Waals surface area contributed by atoms with Gasteiger partial charge >= 0.3 is 106 Å². The van der Waals surface area contributed by atoms with E-state index in [4.69, 9.17) is 9.19 Å². The van der Waals surface area contributed by atoms with E-state index in [-0.39, 0.29) is 0 Å². The third-order valence-electron chi connectivity index (χ3n) is 5.29. The number of halogens is 1. The largest absolute Gasteiger partial charge is 0.116 e. The molecule has 1 aliphatic carbocycles. The number of hydrogen-bond donors (Lipinski definition) is 0. The van der Waals surface area contributed by atoms with Crippen molar-refractivity contribution in [3.63, 3.8) is 0 Å². The molecule has 175 valence electrons. The summed E-state index contributed by atoms with van der Waals surface area (Å²) in [7, 11) is 6.28. The van der Waals surface area contributed by atoms with Crippen molar-refractivity contribution >= 4 is 22.8 Å². The molecule has 0 bridgehead atoms. The van der Waals surface area contributed by atoms with Crippen LogP contribution in [0.25, 0.3) is 0 Å². The van der Waals surface area contributed by atoms with Gasteiger partial charge in [0.2, 0.25) is 0 Å². The summed E-state index contributed by atoms with van der Waals surface area (Å²) in [5.41, 5.74) is 9.72. The Labute approximate surface area is 208 Å². The predicted molar refractivity (Wildman–Crippen MR) is 144 cm³/mol. The van der Waals surface area contributed by atoms with Gasteiger partial charge in [-0.3, -0.25) is 0 Å². The molecule has 0 unspecified atom stereocenters. The zero-order chi connectivity index (χ0) is 24.9. The van der Waals surface area contributed by atoms with Gasteiger partial charge in [0.25, 0.3) is 0 Å². The zero-order valence-electron chi connectivity index (χ0n) is 22.0. The van der Waals surface area contributed by atoms with Gasteiger partial charge in [0.05, 0.1) is 0 Å². The fourth-order valence-electron chi connectivity index (χ4n) is 3.07. The molecule has 0 fully saturated rings. The molecule has 1 nitrogen and oxygen atoms in total. The van der Waals surface area contributed by atoms with Crippen LogP contribution in [0.4, 0.5) is 5.69 Å². The van der Waals surface area contributed by atoms with Crippen molar-refractivity contribution in [2.75, 3.05) is 20.0 Å². The van der Waals surface area contributed by atoms with Crippen molar-refractivity contribution in [1.29, 1.82) is 0 Å². The molecule has 1 radical (unpaired) electrons. The minimum Gasteiger partial charge on any atom is -0.116 e. The molecule has 1 aromatic carbocycles. The normalized spacial score (nSPS) is 13.9. The van der Waals surface area contributed by atoms with Crippen molar-refractivity contribution < 1.29 is 18.5 Å². The van der Waals surface area contributed by atoms with Crippen molar-refractivity contribution in [1.82, 2.24) is 0 Å². The first-order chi connectivity index (χ1) is 14.4. The van der Waals surface area contributed by atoms with Gasteiger partial charge < -0.3 is 0 Å². The van der Waals surface area contributed by atoms with E-state index in [1.165, 1.54) is 45.0 Å². The molecule has 0 aliphatic heterocycles. The molecule has 0 amide bonds. The van der Waals surface area contributed by atoms with Crippen LogP contribution in [-0.2, 0) is 18.5 Å². The molecule has 0 aromatic heterocycles. The van der Waals surface area contributed by atoms with Crippen LogP contribution in [-0.4, -0.2) is 20.0 Å². The van der Waals surface area contributed by atoms with Crippen molar-refractivity contribution in [3.8, 4) is 0 Å². The molecule has 0 saturated heterocycles. The number of allylic oxidation sites excluding steroid dienone is 4. The molecule has 1 aromatic rings. The molecule has 31 heavy (non-hydrogen) atoms. The molecule has 0 heterocycles. The smallest absolute Gasteiger partial charge is 0.0226 e. The second-order valence-corrected chi connectivity index (χ2v) is 13.9. The second kappa shape index (κ2) is 17.2. The van der Waals surface area contributed by atoms with Gasteiger partial charge in [0.1, 0.15) is 0 Å². The monoisotopic (exact) mass is 630 g/mol. The molecule has 0 saturated carbocycles. The van der Waals surface area contributed by atoms with Crippen LogP contribution >= 0.6 is 17.1 Å². The van der Waals surface area contributed by atoms with Crippen molar-refractivity contribution in [2.24, 2.45) is 3.34 Å². The van der Waals surface area contributed by atoms with E-state index < -0.39 is 18.5 Å². The molecule has 0 N–H and O–H groups in total. The van der Waals surface area contributed by atoms with E-state index in [1.807, 2.05) is 0 Å². The van der Waals surface area contributed by atoms with Crippen LogP contribution in [0.15, 0.2) is 57.0 Å². The Kier molecular flexibility index (Phi) is 18.3.